The molecule has 3 rings (SSSR count). The Morgan fingerprint density at radius 1 is 1.05 bits per heavy atom. The molecule has 0 radical (unpaired) electrons. The van der Waals surface area contributed by atoms with E-state index >= 15 is 0 Å². The maximum atomic E-state index is 14.0. The number of carbonyl (C=O) groups excluding carboxylic acids is 1. The SMILES string of the molecule is CC[C@@H](CNc1ccc(N2CCOCC2)cc1)NC(=O)C(CC(C)C)N[C@@H](c1ccc(O)cc1)C(F)(F)F. The van der Waals surface area contributed by atoms with Crippen molar-refractivity contribution in [3.05, 3.63) is 54.1 Å². The zero-order valence-corrected chi connectivity index (χ0v) is 22.2. The molecule has 2 aromatic rings. The number of benzene rings is 2. The maximum Gasteiger partial charge on any atom is 0.407 e. The van der Waals surface area contributed by atoms with Gasteiger partial charge in [0.15, 0.2) is 0 Å². The van der Waals surface area contributed by atoms with E-state index in [9.17, 15) is 23.1 Å². The van der Waals surface area contributed by atoms with Gasteiger partial charge in [-0.2, -0.15) is 13.2 Å². The van der Waals surface area contributed by atoms with Gasteiger partial charge < -0.3 is 25.4 Å². The standard InChI is InChI=1S/C28H39F3N4O3/c1-4-21(18-32-22-7-9-23(10-8-22)35-13-15-38-16-14-35)33-27(37)25(17-19(2)3)34-26(28(29,30)31)20-5-11-24(36)12-6-20/h5-12,19,21,25-26,32,34,36H,4,13-18H2,1-3H3,(H,33,37)/t21-,25?,26-/m0/s1. The van der Waals surface area contributed by atoms with Gasteiger partial charge >= 0.3 is 6.18 Å². The lowest BCUT2D eigenvalue weighted by atomic mass is 9.99. The fourth-order valence-electron chi connectivity index (χ4n) is 4.42. The first-order valence-electron chi connectivity index (χ1n) is 13.2. The average molecular weight is 537 g/mol. The molecule has 1 heterocycles. The predicted octanol–water partition coefficient (Wildman–Crippen LogP) is 4.84. The smallest absolute Gasteiger partial charge is 0.407 e. The Bertz CT molecular complexity index is 994. The van der Waals surface area contributed by atoms with E-state index in [1.165, 1.54) is 24.3 Å². The van der Waals surface area contributed by atoms with Crippen molar-refractivity contribution in [3.8, 4) is 5.75 Å². The molecule has 1 aliphatic rings. The van der Waals surface area contributed by atoms with Gasteiger partial charge in [-0.3, -0.25) is 10.1 Å². The molecule has 0 aromatic heterocycles. The van der Waals surface area contributed by atoms with Crippen LogP contribution in [-0.2, 0) is 9.53 Å². The van der Waals surface area contributed by atoms with Crippen LogP contribution in [0.15, 0.2) is 48.5 Å². The fourth-order valence-corrected chi connectivity index (χ4v) is 4.42. The van der Waals surface area contributed by atoms with Crippen LogP contribution in [0.3, 0.4) is 0 Å². The highest BCUT2D eigenvalue weighted by Gasteiger charge is 2.43. The van der Waals surface area contributed by atoms with E-state index < -0.39 is 24.2 Å². The van der Waals surface area contributed by atoms with Gasteiger partial charge in [0.2, 0.25) is 5.91 Å². The lowest BCUT2D eigenvalue weighted by molar-refractivity contribution is -0.161. The van der Waals surface area contributed by atoms with Crippen molar-refractivity contribution in [3.63, 3.8) is 0 Å². The third-order valence-electron chi connectivity index (χ3n) is 6.58. The Balaban J connectivity index is 1.63. The maximum absolute atomic E-state index is 14.0. The van der Waals surface area contributed by atoms with Crippen LogP contribution < -0.4 is 20.9 Å². The molecule has 3 atom stereocenters. The molecular formula is C28H39F3N4O3. The van der Waals surface area contributed by atoms with Gasteiger partial charge in [-0.1, -0.05) is 32.9 Å². The molecule has 0 spiro atoms. The number of rotatable bonds is 12. The zero-order chi connectivity index (χ0) is 27.7. The number of nitrogens with zero attached hydrogens (tertiary/aromatic N) is 1. The van der Waals surface area contributed by atoms with Crippen LogP contribution in [0.25, 0.3) is 0 Å². The van der Waals surface area contributed by atoms with Gasteiger partial charge in [0, 0.05) is 37.1 Å². The van der Waals surface area contributed by atoms with E-state index in [2.05, 4.69) is 20.9 Å². The van der Waals surface area contributed by atoms with E-state index in [1.54, 1.807) is 0 Å². The minimum Gasteiger partial charge on any atom is -0.508 e. The lowest BCUT2D eigenvalue weighted by Gasteiger charge is -2.30. The Labute approximate surface area is 222 Å². The van der Waals surface area contributed by atoms with Crippen LogP contribution in [-0.4, -0.2) is 62.1 Å². The number of ether oxygens (including phenoxy) is 1. The molecule has 1 aliphatic heterocycles. The molecule has 210 valence electrons. The Morgan fingerprint density at radius 3 is 2.24 bits per heavy atom. The second kappa shape index (κ2) is 13.7. The van der Waals surface area contributed by atoms with E-state index in [1.807, 2.05) is 45.0 Å². The number of phenolic OH excluding ortho intramolecular Hbond substituents is 1. The third kappa shape index (κ3) is 8.80. The third-order valence-corrected chi connectivity index (χ3v) is 6.58. The number of hydrogen-bond acceptors (Lipinski definition) is 6. The summed E-state index contributed by atoms with van der Waals surface area (Å²) in [6.45, 7) is 9.22. The summed E-state index contributed by atoms with van der Waals surface area (Å²) in [6, 6.07) is 9.53. The van der Waals surface area contributed by atoms with Gasteiger partial charge in [-0.05, 0) is 60.7 Å². The van der Waals surface area contributed by atoms with Gasteiger partial charge in [0.05, 0.1) is 19.3 Å². The molecule has 0 aliphatic carbocycles. The monoisotopic (exact) mass is 536 g/mol. The molecular weight excluding hydrogens is 497 g/mol. The molecule has 7 nitrogen and oxygen atoms in total. The number of morpholine rings is 1. The fraction of sp³-hybridized carbons (Fsp3) is 0.536. The van der Waals surface area contributed by atoms with Crippen molar-refractivity contribution in [2.45, 2.75) is 57.9 Å². The molecule has 1 amide bonds. The summed E-state index contributed by atoms with van der Waals surface area (Å²) in [5.74, 6) is -0.599. The summed E-state index contributed by atoms with van der Waals surface area (Å²) in [6.07, 6.45) is -3.77. The van der Waals surface area contributed by atoms with Crippen LogP contribution in [0.2, 0.25) is 0 Å². The molecule has 10 heteroatoms. The van der Waals surface area contributed by atoms with Crippen LogP contribution in [0.1, 0.15) is 45.2 Å². The highest BCUT2D eigenvalue weighted by Crippen LogP contribution is 2.34. The van der Waals surface area contributed by atoms with Crippen molar-refractivity contribution in [1.29, 1.82) is 0 Å². The van der Waals surface area contributed by atoms with E-state index in [0.29, 0.717) is 26.2 Å². The molecule has 0 bridgehead atoms. The lowest BCUT2D eigenvalue weighted by Crippen LogP contribution is -2.52. The molecule has 4 N–H and O–H groups in total. The minimum atomic E-state index is -4.62. The summed E-state index contributed by atoms with van der Waals surface area (Å²) in [5.41, 5.74) is 1.96. The van der Waals surface area contributed by atoms with E-state index in [4.69, 9.17) is 4.74 Å². The number of halogens is 3. The molecule has 1 saturated heterocycles. The highest BCUT2D eigenvalue weighted by atomic mass is 19.4. The van der Waals surface area contributed by atoms with Crippen molar-refractivity contribution in [2.24, 2.45) is 5.92 Å². The number of hydrogen-bond donors (Lipinski definition) is 4. The predicted molar refractivity (Wildman–Crippen MR) is 143 cm³/mol. The highest BCUT2D eigenvalue weighted by molar-refractivity contribution is 5.82. The largest absolute Gasteiger partial charge is 0.508 e. The van der Waals surface area contributed by atoms with Crippen LogP contribution in [0.5, 0.6) is 5.75 Å². The summed E-state index contributed by atoms with van der Waals surface area (Å²) in [7, 11) is 0. The van der Waals surface area contributed by atoms with E-state index in [-0.39, 0.29) is 29.7 Å². The van der Waals surface area contributed by atoms with Crippen molar-refractivity contribution in [2.75, 3.05) is 43.1 Å². The van der Waals surface area contributed by atoms with Gasteiger partial charge in [-0.15, -0.1) is 0 Å². The zero-order valence-electron chi connectivity index (χ0n) is 22.2. The Hall–Kier alpha value is -2.98. The summed E-state index contributed by atoms with van der Waals surface area (Å²) >= 11 is 0. The first-order valence-corrected chi connectivity index (χ1v) is 13.2. The number of alkyl halides is 3. The Kier molecular flexibility index (Phi) is 10.7. The average Bonchev–Trinajstić information content (AvgIpc) is 2.89. The summed E-state index contributed by atoms with van der Waals surface area (Å²) < 4.78 is 47.3. The first kappa shape index (κ1) is 29.6. The first-order chi connectivity index (χ1) is 18.1. The summed E-state index contributed by atoms with van der Waals surface area (Å²) in [5, 5.41) is 18.3. The van der Waals surface area contributed by atoms with Gasteiger partial charge in [0.25, 0.3) is 0 Å². The minimum absolute atomic E-state index is 0.00451. The number of aromatic hydroxyl groups is 1. The quantitative estimate of drug-likeness (QED) is 0.311. The number of carbonyl (C=O) groups is 1. The van der Waals surface area contributed by atoms with E-state index in [0.717, 1.165) is 24.5 Å². The van der Waals surface area contributed by atoms with Crippen LogP contribution in [0, 0.1) is 5.92 Å². The molecule has 2 aromatic carbocycles. The normalized spacial score (nSPS) is 16.7. The second-order valence-electron chi connectivity index (χ2n) is 10.1. The Morgan fingerprint density at radius 2 is 1.68 bits per heavy atom. The molecule has 1 unspecified atom stereocenters. The summed E-state index contributed by atoms with van der Waals surface area (Å²) in [4.78, 5) is 15.5. The molecule has 0 saturated carbocycles. The van der Waals surface area contributed by atoms with Crippen molar-refractivity contribution >= 4 is 17.3 Å². The number of phenols is 1. The molecule has 1 fully saturated rings. The van der Waals surface area contributed by atoms with Gasteiger partial charge in [0.1, 0.15) is 11.8 Å². The second-order valence-corrected chi connectivity index (χ2v) is 10.1. The number of anilines is 2. The van der Waals surface area contributed by atoms with Crippen molar-refractivity contribution < 1.29 is 27.8 Å². The van der Waals surface area contributed by atoms with Crippen LogP contribution in [0.4, 0.5) is 24.5 Å². The van der Waals surface area contributed by atoms with Crippen molar-refractivity contribution in [1.82, 2.24) is 10.6 Å². The number of nitrogens with one attached hydrogen (secondary N) is 3. The van der Waals surface area contributed by atoms with Gasteiger partial charge in [-0.25, -0.2) is 0 Å². The van der Waals surface area contributed by atoms with Crippen LogP contribution >= 0.6 is 0 Å². The molecule has 38 heavy (non-hydrogen) atoms. The topological polar surface area (TPSA) is 85.9 Å². The number of amides is 1.